The number of hydrogen-bond donors (Lipinski definition) is 1. The number of carbonyl (C=O) groups excluding carboxylic acids is 1. The van der Waals surface area contributed by atoms with Gasteiger partial charge in [0.05, 0.1) is 0 Å². The lowest BCUT2D eigenvalue weighted by Gasteiger charge is -2.12. The van der Waals surface area contributed by atoms with Gasteiger partial charge in [-0.1, -0.05) is 62.4 Å². The minimum atomic E-state index is -0.293. The zero-order valence-electron chi connectivity index (χ0n) is 14.9. The minimum absolute atomic E-state index is 0.0673. The normalized spacial score (nSPS) is 11.4. The van der Waals surface area contributed by atoms with Crippen LogP contribution in [0.2, 0.25) is 0 Å². The van der Waals surface area contributed by atoms with Crippen molar-refractivity contribution in [3.8, 4) is 5.75 Å². The molecule has 0 fully saturated rings. The number of ether oxygens (including phenoxy) is 1. The molecule has 0 aliphatic rings. The molecular weight excluding hydrogens is 312 g/mol. The van der Waals surface area contributed by atoms with E-state index in [2.05, 4.69) is 30.4 Å². The van der Waals surface area contributed by atoms with Gasteiger partial charge in [0.2, 0.25) is 0 Å². The number of rotatable bonds is 7. The summed E-state index contributed by atoms with van der Waals surface area (Å²) in [7, 11) is 0. The standard InChI is InChI=1S/C21H24N2O2/c1-16(2)19-12-11-17(3)20(14-19)25-15-21(24)23-22-13-7-10-18-8-5-4-6-9-18/h4-14,16H,15H2,1-3H3,(H,23,24)/b10-7+,22-13-. The van der Waals surface area contributed by atoms with Crippen molar-refractivity contribution in [2.24, 2.45) is 5.10 Å². The number of amides is 1. The maximum atomic E-state index is 11.8. The molecule has 0 heterocycles. The summed E-state index contributed by atoms with van der Waals surface area (Å²) in [5, 5.41) is 3.88. The molecule has 25 heavy (non-hydrogen) atoms. The Morgan fingerprint density at radius 3 is 2.68 bits per heavy atom. The Balaban J connectivity index is 1.80. The highest BCUT2D eigenvalue weighted by Gasteiger charge is 2.07. The van der Waals surface area contributed by atoms with Crippen LogP contribution in [0.4, 0.5) is 0 Å². The third-order valence-corrected chi connectivity index (χ3v) is 3.68. The van der Waals surface area contributed by atoms with Crippen LogP contribution in [0.25, 0.3) is 6.08 Å². The summed E-state index contributed by atoms with van der Waals surface area (Å²) >= 11 is 0. The van der Waals surface area contributed by atoms with E-state index in [0.29, 0.717) is 5.92 Å². The molecule has 0 bridgehead atoms. The first-order valence-corrected chi connectivity index (χ1v) is 8.33. The Morgan fingerprint density at radius 2 is 1.96 bits per heavy atom. The van der Waals surface area contributed by atoms with Crippen LogP contribution >= 0.6 is 0 Å². The summed E-state index contributed by atoms with van der Waals surface area (Å²) in [6.45, 7) is 6.14. The second-order valence-electron chi connectivity index (χ2n) is 6.05. The van der Waals surface area contributed by atoms with Crippen LogP contribution in [0, 0.1) is 6.92 Å². The molecule has 4 nitrogen and oxygen atoms in total. The molecule has 130 valence electrons. The highest BCUT2D eigenvalue weighted by atomic mass is 16.5. The van der Waals surface area contributed by atoms with Crippen molar-refractivity contribution in [1.82, 2.24) is 5.43 Å². The molecule has 0 saturated heterocycles. The largest absolute Gasteiger partial charge is 0.483 e. The number of hydrazone groups is 1. The van der Waals surface area contributed by atoms with E-state index in [9.17, 15) is 4.79 Å². The molecule has 2 rings (SSSR count). The summed E-state index contributed by atoms with van der Waals surface area (Å²) in [4.78, 5) is 11.8. The number of aryl methyl sites for hydroxylation is 1. The third kappa shape index (κ3) is 6.26. The molecule has 0 atom stereocenters. The summed E-state index contributed by atoms with van der Waals surface area (Å²) in [5.41, 5.74) is 5.71. The molecule has 0 radical (unpaired) electrons. The molecule has 0 unspecified atom stereocenters. The molecule has 2 aromatic carbocycles. The molecule has 0 spiro atoms. The predicted molar refractivity (Wildman–Crippen MR) is 103 cm³/mol. The van der Waals surface area contributed by atoms with Crippen LogP contribution in [-0.2, 0) is 4.79 Å². The molecule has 0 aromatic heterocycles. The topological polar surface area (TPSA) is 50.7 Å². The van der Waals surface area contributed by atoms with E-state index in [0.717, 1.165) is 16.9 Å². The van der Waals surface area contributed by atoms with Gasteiger partial charge in [-0.3, -0.25) is 4.79 Å². The van der Waals surface area contributed by atoms with Gasteiger partial charge in [0.25, 0.3) is 5.91 Å². The maximum absolute atomic E-state index is 11.8. The van der Waals surface area contributed by atoms with E-state index in [-0.39, 0.29) is 12.5 Å². The first-order chi connectivity index (χ1) is 12.1. The smallest absolute Gasteiger partial charge is 0.277 e. The van der Waals surface area contributed by atoms with E-state index in [1.165, 1.54) is 11.8 Å². The number of nitrogens with zero attached hydrogens (tertiary/aromatic N) is 1. The first-order valence-electron chi connectivity index (χ1n) is 8.33. The molecule has 2 aromatic rings. The lowest BCUT2D eigenvalue weighted by atomic mass is 10.0. The van der Waals surface area contributed by atoms with Crippen molar-refractivity contribution >= 4 is 18.2 Å². The van der Waals surface area contributed by atoms with Crippen LogP contribution in [-0.4, -0.2) is 18.7 Å². The molecule has 0 aliphatic carbocycles. The van der Waals surface area contributed by atoms with Crippen molar-refractivity contribution in [1.29, 1.82) is 0 Å². The van der Waals surface area contributed by atoms with Gasteiger partial charge in [0.15, 0.2) is 6.61 Å². The maximum Gasteiger partial charge on any atom is 0.277 e. The molecular formula is C21H24N2O2. The van der Waals surface area contributed by atoms with Gasteiger partial charge in [-0.25, -0.2) is 5.43 Å². The molecule has 4 heteroatoms. The summed E-state index contributed by atoms with van der Waals surface area (Å²) in [6.07, 6.45) is 5.22. The summed E-state index contributed by atoms with van der Waals surface area (Å²) in [6, 6.07) is 15.9. The third-order valence-electron chi connectivity index (χ3n) is 3.68. The fraction of sp³-hybridized carbons (Fsp3) is 0.238. The first kappa shape index (κ1) is 18.5. The summed E-state index contributed by atoms with van der Waals surface area (Å²) < 4.78 is 5.61. The van der Waals surface area contributed by atoms with Gasteiger partial charge in [-0.05, 0) is 41.7 Å². The molecule has 1 amide bonds. The highest BCUT2D eigenvalue weighted by Crippen LogP contribution is 2.24. The average Bonchev–Trinajstić information content (AvgIpc) is 2.61. The van der Waals surface area contributed by atoms with Crippen LogP contribution in [0.15, 0.2) is 59.7 Å². The monoisotopic (exact) mass is 336 g/mol. The number of hydrogen-bond acceptors (Lipinski definition) is 3. The second-order valence-corrected chi connectivity index (χ2v) is 6.05. The zero-order valence-corrected chi connectivity index (χ0v) is 14.9. The molecule has 0 saturated carbocycles. The average molecular weight is 336 g/mol. The lowest BCUT2D eigenvalue weighted by Crippen LogP contribution is -2.24. The van der Waals surface area contributed by atoms with Crippen LogP contribution in [0.1, 0.15) is 36.5 Å². The fourth-order valence-corrected chi connectivity index (χ4v) is 2.18. The highest BCUT2D eigenvalue weighted by molar-refractivity contribution is 5.82. The number of nitrogens with one attached hydrogen (secondary N) is 1. The quantitative estimate of drug-likeness (QED) is 0.605. The Hall–Kier alpha value is -2.88. The predicted octanol–water partition coefficient (Wildman–Crippen LogP) is 4.31. The zero-order chi connectivity index (χ0) is 18.1. The number of carbonyl (C=O) groups is 1. The van der Waals surface area contributed by atoms with Crippen molar-refractivity contribution in [3.05, 3.63) is 71.3 Å². The van der Waals surface area contributed by atoms with Gasteiger partial charge in [0.1, 0.15) is 5.75 Å². The van der Waals surface area contributed by atoms with E-state index >= 15 is 0 Å². The second kappa shape index (κ2) is 9.42. The van der Waals surface area contributed by atoms with Gasteiger partial charge < -0.3 is 4.74 Å². The van der Waals surface area contributed by atoms with Crippen LogP contribution in [0.5, 0.6) is 5.75 Å². The van der Waals surface area contributed by atoms with Crippen LogP contribution < -0.4 is 10.2 Å². The van der Waals surface area contributed by atoms with Crippen molar-refractivity contribution in [2.45, 2.75) is 26.7 Å². The van der Waals surface area contributed by atoms with E-state index < -0.39 is 0 Å². The van der Waals surface area contributed by atoms with Gasteiger partial charge in [0, 0.05) is 6.21 Å². The fourth-order valence-electron chi connectivity index (χ4n) is 2.18. The Labute approximate surface area is 149 Å². The molecule has 1 N–H and O–H groups in total. The summed E-state index contributed by atoms with van der Waals surface area (Å²) in [5.74, 6) is 0.853. The lowest BCUT2D eigenvalue weighted by molar-refractivity contribution is -0.123. The van der Waals surface area contributed by atoms with Gasteiger partial charge >= 0.3 is 0 Å². The van der Waals surface area contributed by atoms with Crippen molar-refractivity contribution in [2.75, 3.05) is 6.61 Å². The van der Waals surface area contributed by atoms with Crippen LogP contribution in [0.3, 0.4) is 0 Å². The number of benzene rings is 2. The Bertz CT molecular complexity index is 750. The van der Waals surface area contributed by atoms with Gasteiger partial charge in [-0.2, -0.15) is 5.10 Å². The van der Waals surface area contributed by atoms with E-state index in [4.69, 9.17) is 4.74 Å². The Morgan fingerprint density at radius 1 is 1.20 bits per heavy atom. The minimum Gasteiger partial charge on any atom is -0.483 e. The molecule has 0 aliphatic heterocycles. The number of allylic oxidation sites excluding steroid dienone is 1. The van der Waals surface area contributed by atoms with E-state index in [1.807, 2.05) is 55.5 Å². The SMILES string of the molecule is Cc1ccc(C(C)C)cc1OCC(=O)N/N=C\C=C\c1ccccc1. The van der Waals surface area contributed by atoms with Gasteiger partial charge in [-0.15, -0.1) is 0 Å². The van der Waals surface area contributed by atoms with E-state index in [1.54, 1.807) is 6.08 Å². The Kier molecular flexibility index (Phi) is 6.96. The van der Waals surface area contributed by atoms with Crippen molar-refractivity contribution < 1.29 is 9.53 Å². The van der Waals surface area contributed by atoms with Crippen molar-refractivity contribution in [3.63, 3.8) is 0 Å².